The number of carboxylic acids is 1. The summed E-state index contributed by atoms with van der Waals surface area (Å²) in [6.45, 7) is 0. The lowest BCUT2D eigenvalue weighted by Crippen LogP contribution is -2.55. The van der Waals surface area contributed by atoms with Gasteiger partial charge in [0.2, 0.25) is 11.8 Å². The number of imidazole rings is 1. The number of hydrogen-bond acceptors (Lipinski definition) is 7. The number of nitrogens with one attached hydrogen (secondary N) is 3. The van der Waals surface area contributed by atoms with E-state index in [0.717, 1.165) is 0 Å². The van der Waals surface area contributed by atoms with Gasteiger partial charge in [-0.05, 0) is 35.4 Å². The number of rotatable bonds is 11. The molecule has 2 aromatic carbocycles. The number of aliphatic carboxylic acids is 1. The third kappa shape index (κ3) is 7.57. The van der Waals surface area contributed by atoms with Crippen LogP contribution in [0.25, 0.3) is 0 Å². The molecule has 35 heavy (non-hydrogen) atoms. The van der Waals surface area contributed by atoms with E-state index in [1.165, 1.54) is 36.8 Å². The van der Waals surface area contributed by atoms with Crippen molar-refractivity contribution >= 4 is 17.8 Å². The van der Waals surface area contributed by atoms with Crippen molar-refractivity contribution in [3.63, 3.8) is 0 Å². The Morgan fingerprint density at radius 3 is 1.83 bits per heavy atom. The predicted octanol–water partition coefficient (Wildman–Crippen LogP) is 0.230. The van der Waals surface area contributed by atoms with Crippen LogP contribution in [0, 0.1) is 0 Å². The van der Waals surface area contributed by atoms with Gasteiger partial charge in [-0.25, -0.2) is 9.78 Å². The second-order valence-electron chi connectivity index (χ2n) is 8.09. The summed E-state index contributed by atoms with van der Waals surface area (Å²) in [6, 6.07) is 8.67. The lowest BCUT2D eigenvalue weighted by atomic mass is 10.0. The first-order valence-electron chi connectivity index (χ1n) is 10.8. The van der Waals surface area contributed by atoms with Crippen LogP contribution in [0.2, 0.25) is 0 Å². The van der Waals surface area contributed by atoms with E-state index >= 15 is 0 Å². The van der Waals surface area contributed by atoms with Gasteiger partial charge in [-0.1, -0.05) is 24.3 Å². The van der Waals surface area contributed by atoms with Crippen molar-refractivity contribution in [1.82, 2.24) is 20.6 Å². The number of phenolic OH excluding ortho intramolecular Hbond substituents is 2. The van der Waals surface area contributed by atoms with Crippen molar-refractivity contribution in [3.8, 4) is 11.5 Å². The minimum absolute atomic E-state index is 0.0272. The van der Waals surface area contributed by atoms with Crippen LogP contribution in [0.4, 0.5) is 0 Å². The van der Waals surface area contributed by atoms with Crippen molar-refractivity contribution in [1.29, 1.82) is 0 Å². The second-order valence-corrected chi connectivity index (χ2v) is 8.09. The molecule has 0 aliphatic heterocycles. The molecule has 3 aromatic rings. The molecule has 0 aliphatic carbocycles. The van der Waals surface area contributed by atoms with Crippen LogP contribution in [0.15, 0.2) is 61.1 Å². The Balaban J connectivity index is 1.74. The molecule has 2 amide bonds. The SMILES string of the molecule is N[C@@H](Cc1cnc[nH]1)C(=O)N[C@@H](Cc1ccc(O)cc1)C(=O)N[C@@H](Cc1ccc(O)cc1)C(=O)O. The first kappa shape index (κ1) is 25.2. The molecule has 3 atom stereocenters. The molecule has 11 nitrogen and oxygen atoms in total. The standard InChI is InChI=1S/C24H27N5O6/c25-19(11-16-12-26-13-27-16)22(32)28-20(9-14-1-5-17(30)6-2-14)23(33)29-21(24(34)35)10-15-3-7-18(31)8-4-15/h1-8,12-13,19-21,30-31H,9-11,25H2,(H,26,27)(H,28,32)(H,29,33)(H,34,35)/t19-,20-,21-/m0/s1. The van der Waals surface area contributed by atoms with Gasteiger partial charge < -0.3 is 36.7 Å². The summed E-state index contributed by atoms with van der Waals surface area (Å²) in [6.07, 6.45) is 3.18. The highest BCUT2D eigenvalue weighted by atomic mass is 16.4. The molecule has 184 valence electrons. The molecule has 0 aliphatic rings. The number of benzene rings is 2. The normalized spacial score (nSPS) is 13.4. The zero-order chi connectivity index (χ0) is 25.4. The number of carboxylic acid groups (broad SMARTS) is 1. The topological polar surface area (TPSA) is 191 Å². The number of aromatic hydroxyl groups is 2. The third-order valence-electron chi connectivity index (χ3n) is 5.33. The van der Waals surface area contributed by atoms with Gasteiger partial charge >= 0.3 is 5.97 Å². The average Bonchev–Trinajstić information content (AvgIpc) is 3.33. The molecule has 0 fully saturated rings. The molecule has 1 heterocycles. The smallest absolute Gasteiger partial charge is 0.326 e. The van der Waals surface area contributed by atoms with E-state index < -0.39 is 35.9 Å². The van der Waals surface area contributed by atoms with E-state index in [4.69, 9.17) is 5.73 Å². The van der Waals surface area contributed by atoms with Gasteiger partial charge in [0.1, 0.15) is 23.6 Å². The summed E-state index contributed by atoms with van der Waals surface area (Å²) in [5, 5.41) is 33.7. The van der Waals surface area contributed by atoms with Gasteiger partial charge in [0.25, 0.3) is 0 Å². The maximum absolute atomic E-state index is 13.1. The van der Waals surface area contributed by atoms with E-state index in [-0.39, 0.29) is 30.8 Å². The Morgan fingerprint density at radius 2 is 1.34 bits per heavy atom. The molecule has 0 unspecified atom stereocenters. The van der Waals surface area contributed by atoms with Gasteiger partial charge in [-0.15, -0.1) is 0 Å². The molecule has 0 radical (unpaired) electrons. The van der Waals surface area contributed by atoms with Crippen molar-refractivity contribution < 1.29 is 29.7 Å². The van der Waals surface area contributed by atoms with E-state index in [1.807, 2.05) is 0 Å². The monoisotopic (exact) mass is 481 g/mol. The molecule has 0 saturated heterocycles. The molecule has 3 rings (SSSR count). The van der Waals surface area contributed by atoms with Gasteiger partial charge in [0.05, 0.1) is 12.4 Å². The van der Waals surface area contributed by atoms with Crippen LogP contribution in [0.1, 0.15) is 16.8 Å². The summed E-state index contributed by atoms with van der Waals surface area (Å²) in [5.74, 6) is -2.47. The largest absolute Gasteiger partial charge is 0.508 e. The number of amides is 2. The Bertz CT molecular complexity index is 1130. The third-order valence-corrected chi connectivity index (χ3v) is 5.33. The van der Waals surface area contributed by atoms with Crippen LogP contribution < -0.4 is 16.4 Å². The van der Waals surface area contributed by atoms with E-state index in [9.17, 15) is 29.7 Å². The number of aromatic nitrogens is 2. The van der Waals surface area contributed by atoms with Crippen LogP contribution in [-0.4, -0.2) is 61.2 Å². The maximum Gasteiger partial charge on any atom is 0.326 e. The molecule has 0 spiro atoms. The summed E-state index contributed by atoms with van der Waals surface area (Å²) >= 11 is 0. The molecule has 11 heteroatoms. The van der Waals surface area contributed by atoms with Gasteiger partial charge in [0.15, 0.2) is 0 Å². The highest BCUT2D eigenvalue weighted by molar-refractivity contribution is 5.92. The second kappa shape index (κ2) is 11.7. The van der Waals surface area contributed by atoms with Crippen LogP contribution in [0.5, 0.6) is 11.5 Å². The quantitative estimate of drug-likeness (QED) is 0.202. The molecular weight excluding hydrogens is 454 g/mol. The molecule has 8 N–H and O–H groups in total. The molecule has 0 bridgehead atoms. The van der Waals surface area contributed by atoms with Gasteiger partial charge in [-0.3, -0.25) is 9.59 Å². The number of aromatic amines is 1. The fraction of sp³-hybridized carbons (Fsp3) is 0.250. The van der Waals surface area contributed by atoms with Crippen LogP contribution in [-0.2, 0) is 33.6 Å². The van der Waals surface area contributed by atoms with Crippen LogP contribution in [0.3, 0.4) is 0 Å². The highest BCUT2D eigenvalue weighted by Crippen LogP contribution is 2.14. The minimum Gasteiger partial charge on any atom is -0.508 e. The molecular formula is C24H27N5O6. The Morgan fingerprint density at radius 1 is 0.829 bits per heavy atom. The summed E-state index contributed by atoms with van der Waals surface area (Å²) in [4.78, 5) is 44.4. The van der Waals surface area contributed by atoms with E-state index in [1.54, 1.807) is 24.3 Å². The summed E-state index contributed by atoms with van der Waals surface area (Å²) in [5.41, 5.74) is 7.87. The number of phenols is 2. The van der Waals surface area contributed by atoms with Gasteiger partial charge in [-0.2, -0.15) is 0 Å². The van der Waals surface area contributed by atoms with E-state index in [0.29, 0.717) is 16.8 Å². The first-order valence-corrected chi connectivity index (χ1v) is 10.8. The zero-order valence-corrected chi connectivity index (χ0v) is 18.7. The fourth-order valence-electron chi connectivity index (χ4n) is 3.42. The van der Waals surface area contributed by atoms with Crippen molar-refractivity contribution in [3.05, 3.63) is 77.9 Å². The Hall–Kier alpha value is -4.38. The molecule has 0 saturated carbocycles. The lowest BCUT2D eigenvalue weighted by Gasteiger charge is -2.23. The highest BCUT2D eigenvalue weighted by Gasteiger charge is 2.28. The van der Waals surface area contributed by atoms with E-state index in [2.05, 4.69) is 20.6 Å². The fourth-order valence-corrected chi connectivity index (χ4v) is 3.42. The van der Waals surface area contributed by atoms with Gasteiger partial charge in [0, 0.05) is 31.2 Å². The number of nitrogens with zero attached hydrogens (tertiary/aromatic N) is 1. The van der Waals surface area contributed by atoms with Crippen molar-refractivity contribution in [2.75, 3.05) is 0 Å². The molecule has 1 aromatic heterocycles. The minimum atomic E-state index is -1.27. The van der Waals surface area contributed by atoms with Crippen molar-refractivity contribution in [2.24, 2.45) is 5.73 Å². The number of carbonyl (C=O) groups is 3. The van der Waals surface area contributed by atoms with Crippen LogP contribution >= 0.6 is 0 Å². The predicted molar refractivity (Wildman–Crippen MR) is 125 cm³/mol. The number of nitrogens with two attached hydrogens (primary N) is 1. The number of hydrogen-bond donors (Lipinski definition) is 7. The average molecular weight is 482 g/mol. The summed E-state index contributed by atoms with van der Waals surface area (Å²) < 4.78 is 0. The Kier molecular flexibility index (Phi) is 8.41. The first-order chi connectivity index (χ1) is 16.7. The Labute approximate surface area is 201 Å². The lowest BCUT2D eigenvalue weighted by molar-refractivity contribution is -0.142. The summed E-state index contributed by atoms with van der Waals surface area (Å²) in [7, 11) is 0. The number of carbonyl (C=O) groups excluding carboxylic acids is 2. The number of H-pyrrole nitrogens is 1. The maximum atomic E-state index is 13.1. The zero-order valence-electron chi connectivity index (χ0n) is 18.7. The van der Waals surface area contributed by atoms with Crippen molar-refractivity contribution in [2.45, 2.75) is 37.4 Å².